The average molecular weight is 568 g/mol. The molecule has 38 heavy (non-hydrogen) atoms. The Kier molecular flexibility index (Phi) is 6.93. The Hall–Kier alpha value is -3.59. The first-order valence-electron chi connectivity index (χ1n) is 12.0. The topological polar surface area (TPSA) is 84.3 Å². The number of nitrogens with zero attached hydrogens (tertiary/aromatic N) is 6. The summed E-state index contributed by atoms with van der Waals surface area (Å²) >= 11 is 18.3. The molecule has 0 radical (unpaired) electrons. The van der Waals surface area contributed by atoms with Gasteiger partial charge in [-0.05, 0) is 24.3 Å². The smallest absolute Gasteiger partial charge is 0.260 e. The number of piperazine rings is 1. The minimum absolute atomic E-state index is 0.154. The molecule has 3 aromatic heterocycles. The molecule has 5 aromatic rings. The maximum Gasteiger partial charge on any atom is 0.260 e. The van der Waals surface area contributed by atoms with Gasteiger partial charge in [-0.2, -0.15) is 4.98 Å². The van der Waals surface area contributed by atoms with Crippen molar-refractivity contribution in [3.63, 3.8) is 0 Å². The van der Waals surface area contributed by atoms with Crippen LogP contribution >= 0.6 is 34.8 Å². The Morgan fingerprint density at radius 1 is 0.789 bits per heavy atom. The van der Waals surface area contributed by atoms with E-state index in [0.29, 0.717) is 22.3 Å². The molecule has 1 saturated heterocycles. The first-order valence-corrected chi connectivity index (χ1v) is 13.2. The van der Waals surface area contributed by atoms with E-state index >= 15 is 0 Å². The van der Waals surface area contributed by atoms with E-state index in [1.165, 1.54) is 0 Å². The highest BCUT2D eigenvalue weighted by molar-refractivity contribution is 6.43. The molecule has 0 aliphatic carbocycles. The lowest BCUT2D eigenvalue weighted by Gasteiger charge is -2.37. The molecule has 0 amide bonds. The lowest BCUT2D eigenvalue weighted by Crippen LogP contribution is -2.47. The van der Waals surface area contributed by atoms with Gasteiger partial charge >= 0.3 is 0 Å². The molecule has 0 spiro atoms. The zero-order valence-corrected chi connectivity index (χ0v) is 22.2. The third-order valence-corrected chi connectivity index (χ3v) is 7.10. The summed E-state index contributed by atoms with van der Waals surface area (Å²) in [6.45, 7) is 3.39. The molecule has 0 atom stereocenters. The predicted octanol–water partition coefficient (Wildman–Crippen LogP) is 6.91. The number of anilines is 2. The van der Waals surface area contributed by atoms with Crippen molar-refractivity contribution >= 4 is 46.3 Å². The number of benzene rings is 2. The number of hydrogen-bond acceptors (Lipinski definition) is 8. The summed E-state index contributed by atoms with van der Waals surface area (Å²) < 4.78 is 10.8. The van der Waals surface area contributed by atoms with Crippen LogP contribution in [0.2, 0.25) is 5.02 Å². The fourth-order valence-electron chi connectivity index (χ4n) is 4.50. The lowest BCUT2D eigenvalue weighted by molar-refractivity contribution is 0.388. The standard InChI is InChI=1S/C27H21Cl3N6O2/c28-19-4-3-5-21(35-12-14-36(15-13-35)23-6-1-2-11-31-23)24(19)20-16-22(37-33-20)17-7-9-18(10-8-17)26-32-27(25(29)30)38-34-26/h1-11,16,25H,12-15H2. The monoisotopic (exact) mass is 566 g/mol. The second kappa shape index (κ2) is 10.6. The summed E-state index contributed by atoms with van der Waals surface area (Å²) in [5, 5.41) is 8.91. The van der Waals surface area contributed by atoms with Crippen LogP contribution in [0.5, 0.6) is 0 Å². The summed E-state index contributed by atoms with van der Waals surface area (Å²) in [6.07, 6.45) is 1.82. The molecule has 6 rings (SSSR count). The summed E-state index contributed by atoms with van der Waals surface area (Å²) in [6, 6.07) is 21.3. The van der Waals surface area contributed by atoms with Gasteiger partial charge in [0, 0.05) is 60.8 Å². The first-order chi connectivity index (χ1) is 18.6. The van der Waals surface area contributed by atoms with E-state index in [0.717, 1.165) is 54.4 Å². The number of alkyl halides is 2. The molecule has 2 aromatic carbocycles. The molecule has 0 saturated carbocycles. The number of aromatic nitrogens is 4. The van der Waals surface area contributed by atoms with Gasteiger partial charge in [0.25, 0.3) is 5.89 Å². The van der Waals surface area contributed by atoms with E-state index in [-0.39, 0.29) is 5.89 Å². The fourth-order valence-corrected chi connectivity index (χ4v) is 4.94. The van der Waals surface area contributed by atoms with Crippen molar-refractivity contribution in [1.29, 1.82) is 0 Å². The Labute approximate surface area is 233 Å². The molecule has 1 fully saturated rings. The summed E-state index contributed by atoms with van der Waals surface area (Å²) in [4.78, 5) is 12.4. The number of pyridine rings is 1. The van der Waals surface area contributed by atoms with Crippen LogP contribution in [0.3, 0.4) is 0 Å². The van der Waals surface area contributed by atoms with Crippen LogP contribution in [0.1, 0.15) is 10.7 Å². The average Bonchev–Trinajstić information content (AvgIpc) is 3.65. The van der Waals surface area contributed by atoms with Gasteiger partial charge in [-0.15, -0.1) is 0 Å². The van der Waals surface area contributed by atoms with Gasteiger partial charge in [-0.1, -0.05) is 81.5 Å². The van der Waals surface area contributed by atoms with Crippen LogP contribution in [-0.4, -0.2) is 46.5 Å². The molecule has 0 bridgehead atoms. The SMILES string of the molecule is Clc1cccc(N2CCN(c3ccccn3)CC2)c1-c1cc(-c2ccc(-c3noc(C(Cl)Cl)n3)cc2)on1. The summed E-state index contributed by atoms with van der Waals surface area (Å²) in [5.41, 5.74) is 4.16. The van der Waals surface area contributed by atoms with E-state index in [2.05, 4.69) is 36.1 Å². The highest BCUT2D eigenvalue weighted by atomic mass is 35.5. The van der Waals surface area contributed by atoms with Gasteiger partial charge < -0.3 is 18.8 Å². The fraction of sp³-hybridized carbons (Fsp3) is 0.185. The third kappa shape index (κ3) is 4.95. The molecule has 1 aliphatic heterocycles. The van der Waals surface area contributed by atoms with Crippen molar-refractivity contribution in [3.05, 3.63) is 83.8 Å². The molecular formula is C27H21Cl3N6O2. The zero-order chi connectivity index (χ0) is 26.1. The van der Waals surface area contributed by atoms with E-state index < -0.39 is 4.84 Å². The molecule has 192 valence electrons. The van der Waals surface area contributed by atoms with E-state index in [9.17, 15) is 0 Å². The number of halogens is 3. The van der Waals surface area contributed by atoms with Crippen molar-refractivity contribution in [2.24, 2.45) is 0 Å². The predicted molar refractivity (Wildman–Crippen MR) is 149 cm³/mol. The number of hydrogen-bond donors (Lipinski definition) is 0. The largest absolute Gasteiger partial charge is 0.367 e. The summed E-state index contributed by atoms with van der Waals surface area (Å²) in [7, 11) is 0. The Balaban J connectivity index is 1.22. The highest BCUT2D eigenvalue weighted by Gasteiger charge is 2.23. The van der Waals surface area contributed by atoms with Gasteiger partial charge in [0.15, 0.2) is 10.6 Å². The minimum atomic E-state index is -0.873. The zero-order valence-electron chi connectivity index (χ0n) is 20.0. The van der Waals surface area contributed by atoms with Crippen LogP contribution in [0.4, 0.5) is 11.5 Å². The molecule has 8 nitrogen and oxygen atoms in total. The Morgan fingerprint density at radius 2 is 1.55 bits per heavy atom. The van der Waals surface area contributed by atoms with Gasteiger partial charge in [-0.25, -0.2) is 4.98 Å². The van der Waals surface area contributed by atoms with E-state index in [4.69, 9.17) is 43.8 Å². The maximum atomic E-state index is 6.71. The molecule has 0 N–H and O–H groups in total. The second-order valence-electron chi connectivity index (χ2n) is 8.71. The molecule has 1 aliphatic rings. The Morgan fingerprint density at radius 3 is 2.26 bits per heavy atom. The lowest BCUT2D eigenvalue weighted by atomic mass is 10.1. The highest BCUT2D eigenvalue weighted by Crippen LogP contribution is 2.39. The molecule has 0 unspecified atom stereocenters. The van der Waals surface area contributed by atoms with E-state index in [1.54, 1.807) is 0 Å². The summed E-state index contributed by atoms with van der Waals surface area (Å²) in [5.74, 6) is 2.17. The van der Waals surface area contributed by atoms with E-state index in [1.807, 2.05) is 66.9 Å². The van der Waals surface area contributed by atoms with Crippen LogP contribution in [0.15, 0.2) is 82.0 Å². The van der Waals surface area contributed by atoms with Crippen molar-refractivity contribution in [2.45, 2.75) is 4.84 Å². The normalized spacial score (nSPS) is 13.9. The van der Waals surface area contributed by atoms with Crippen LogP contribution in [-0.2, 0) is 0 Å². The second-order valence-corrected chi connectivity index (χ2v) is 10.2. The number of rotatable bonds is 6. The van der Waals surface area contributed by atoms with Crippen LogP contribution in [0, 0.1) is 0 Å². The third-order valence-electron chi connectivity index (χ3n) is 6.41. The van der Waals surface area contributed by atoms with Crippen LogP contribution in [0.25, 0.3) is 34.0 Å². The van der Waals surface area contributed by atoms with Gasteiger partial charge in [0.1, 0.15) is 11.5 Å². The van der Waals surface area contributed by atoms with Crippen molar-refractivity contribution in [3.8, 4) is 34.0 Å². The Bertz CT molecular complexity index is 1530. The molecular weight excluding hydrogens is 547 g/mol. The van der Waals surface area contributed by atoms with Gasteiger partial charge in [-0.3, -0.25) is 0 Å². The minimum Gasteiger partial charge on any atom is -0.367 e. The van der Waals surface area contributed by atoms with Gasteiger partial charge in [0.2, 0.25) is 5.82 Å². The van der Waals surface area contributed by atoms with Crippen LogP contribution < -0.4 is 9.80 Å². The quantitative estimate of drug-likeness (QED) is 0.205. The van der Waals surface area contributed by atoms with Gasteiger partial charge in [0.05, 0.1) is 5.02 Å². The van der Waals surface area contributed by atoms with Crippen molar-refractivity contribution in [2.75, 3.05) is 36.0 Å². The van der Waals surface area contributed by atoms with Crippen molar-refractivity contribution in [1.82, 2.24) is 20.3 Å². The maximum absolute atomic E-state index is 6.71. The van der Waals surface area contributed by atoms with Crippen molar-refractivity contribution < 1.29 is 9.05 Å². The molecule has 4 heterocycles. The first kappa shape index (κ1) is 24.7. The molecule has 11 heteroatoms.